The number of hydrogen-bond acceptors (Lipinski definition) is 19. The van der Waals surface area contributed by atoms with Crippen LogP contribution in [0.15, 0.2) is 146 Å². The van der Waals surface area contributed by atoms with Crippen molar-refractivity contribution in [1.29, 1.82) is 0 Å². The van der Waals surface area contributed by atoms with Gasteiger partial charge in [0.2, 0.25) is 0 Å². The standard InChI is InChI=1S/C41H73NO15.C25H34O4/c1-4-5-6-7-16-37(57-41-40(55)39(54)38(53)26(3)56-41)25(2)36(52)24-35(51)23-34(50)21-30(46)14-9-13-29(45)20-33(49)22-32(48)19-28(44)12-8-11-27(43)18-31(47)15-10-17-42;1-4-5-6-16-19-23(26)22(3)25(29)21(2)18-15-13-11-9-7-8-10-12-14-17-20-24(27)28/h4-9,12,14,25-35,37-41,43-51,53-55H,10-11,13,15-24,42H2,1-3H3;4-10,12,14-23,25-26,29H,1,11,13H2,2-3H3,(H,27,28)/b5-4+,7-6+,12-8+,14-9+;6-5+,9-7+,10-8+,14-12+,18-15+,19-16+,20-17+. The second-order valence-corrected chi connectivity index (χ2v) is 22.0. The SMILES string of the molecule is C/C=C/C=C/CC(OC1OC(C)C(O)C(O)C1O)C(C)C(=O)CC(O)CC(O)CC(O)/C=C/CC(O)CC(O)CC(O)CC(O)/C=C/CC(O)CC(O)CCCN.C=C/C=C/C=C/C(O)C(C)C(O)C(C)/C=C/CC/C=C/C=C/C=C/C=C/C(=O)O. The highest BCUT2D eigenvalue weighted by molar-refractivity contribution is 5.81. The van der Waals surface area contributed by atoms with Gasteiger partial charge in [0.05, 0.1) is 79.4 Å². The molecule has 0 aromatic carbocycles. The minimum atomic E-state index is -1.57. The van der Waals surface area contributed by atoms with Crippen LogP contribution in [0.25, 0.3) is 0 Å². The first kappa shape index (κ1) is 81.3. The van der Waals surface area contributed by atoms with Crippen molar-refractivity contribution < 1.29 is 95.7 Å². The molecule has 20 unspecified atom stereocenters. The van der Waals surface area contributed by atoms with Crippen LogP contribution in [-0.2, 0) is 19.1 Å². The molecular weight excluding hydrogens is 1110 g/mol. The van der Waals surface area contributed by atoms with E-state index in [-0.39, 0.29) is 76.0 Å². The molecule has 0 radical (unpaired) electrons. The van der Waals surface area contributed by atoms with Crippen molar-refractivity contribution >= 4 is 11.8 Å². The monoisotopic (exact) mass is 1220 g/mol. The number of aliphatic hydroxyl groups excluding tert-OH is 14. The lowest BCUT2D eigenvalue weighted by Gasteiger charge is -2.41. The van der Waals surface area contributed by atoms with Gasteiger partial charge in [-0.15, -0.1) is 0 Å². The molecule has 17 N–H and O–H groups in total. The van der Waals surface area contributed by atoms with Crippen molar-refractivity contribution in [3.63, 3.8) is 0 Å². The molecule has 0 saturated carbocycles. The molecule has 1 heterocycles. The number of aliphatic carboxylic acids is 1. The molecule has 1 saturated heterocycles. The molecule has 20 nitrogen and oxygen atoms in total. The fourth-order valence-corrected chi connectivity index (χ4v) is 8.86. The summed E-state index contributed by atoms with van der Waals surface area (Å²) in [6, 6.07) is 0. The number of rotatable bonds is 44. The van der Waals surface area contributed by atoms with E-state index in [1.165, 1.54) is 31.2 Å². The normalized spacial score (nSPS) is 23.6. The number of carboxylic acids is 1. The Kier molecular flexibility index (Phi) is 46.6. The second-order valence-electron chi connectivity index (χ2n) is 22.0. The molecule has 0 aromatic heterocycles. The number of unbranched alkanes of at least 4 members (excludes halogenated alkanes) is 1. The van der Waals surface area contributed by atoms with E-state index < -0.39 is 122 Å². The molecule has 0 spiro atoms. The molecule has 1 fully saturated rings. The largest absolute Gasteiger partial charge is 0.478 e. The number of carbonyl (C=O) groups excluding carboxylic acids is 1. The van der Waals surface area contributed by atoms with Gasteiger partial charge in [-0.25, -0.2) is 4.79 Å². The van der Waals surface area contributed by atoms with Crippen molar-refractivity contribution in [1.82, 2.24) is 0 Å². The van der Waals surface area contributed by atoms with Crippen molar-refractivity contribution in [3.8, 4) is 0 Å². The molecule has 0 amide bonds. The van der Waals surface area contributed by atoms with Crippen LogP contribution in [0.5, 0.6) is 0 Å². The van der Waals surface area contributed by atoms with Crippen LogP contribution in [0.4, 0.5) is 0 Å². The van der Waals surface area contributed by atoms with Gasteiger partial charge in [-0.05, 0) is 91.0 Å². The highest BCUT2D eigenvalue weighted by atomic mass is 16.7. The van der Waals surface area contributed by atoms with Gasteiger partial charge < -0.3 is 91.8 Å². The molecule has 0 aliphatic carbocycles. The number of carbonyl (C=O) groups is 2. The van der Waals surface area contributed by atoms with Crippen LogP contribution < -0.4 is 5.73 Å². The van der Waals surface area contributed by atoms with E-state index >= 15 is 0 Å². The quantitative estimate of drug-likeness (QED) is 0.0173. The third kappa shape index (κ3) is 40.0. The highest BCUT2D eigenvalue weighted by Gasteiger charge is 2.44. The van der Waals surface area contributed by atoms with Crippen LogP contribution in [0, 0.1) is 17.8 Å². The number of aliphatic hydroxyl groups is 14. The molecule has 1 aliphatic rings. The first-order chi connectivity index (χ1) is 40.8. The summed E-state index contributed by atoms with van der Waals surface area (Å²) in [6.45, 7) is 12.7. The third-order valence-corrected chi connectivity index (χ3v) is 14.1. The third-order valence-electron chi connectivity index (χ3n) is 14.1. The lowest BCUT2D eigenvalue weighted by Crippen LogP contribution is -2.58. The average molecular weight is 1220 g/mol. The Bertz CT molecular complexity index is 2140. The van der Waals surface area contributed by atoms with E-state index in [0.717, 1.165) is 18.9 Å². The summed E-state index contributed by atoms with van der Waals surface area (Å²) in [4.78, 5) is 23.5. The van der Waals surface area contributed by atoms with Crippen LogP contribution in [-0.4, -0.2) is 199 Å². The molecule has 1 aliphatic heterocycles. The minimum absolute atomic E-state index is 0.0513. The summed E-state index contributed by atoms with van der Waals surface area (Å²) in [5.74, 6) is -2.49. The first-order valence-electron chi connectivity index (χ1n) is 30.0. The first-order valence-corrected chi connectivity index (χ1v) is 30.0. The Labute approximate surface area is 510 Å². The predicted molar refractivity (Wildman–Crippen MR) is 334 cm³/mol. The molecule has 0 aromatic rings. The van der Waals surface area contributed by atoms with Gasteiger partial charge in [-0.2, -0.15) is 0 Å². The average Bonchev–Trinajstić information content (AvgIpc) is 1.99. The van der Waals surface area contributed by atoms with E-state index in [1.807, 2.05) is 63.3 Å². The minimum Gasteiger partial charge on any atom is -0.478 e. The Balaban J connectivity index is 0.00000209. The zero-order chi connectivity index (χ0) is 65.0. The Morgan fingerprint density at radius 3 is 1.67 bits per heavy atom. The molecule has 1 rings (SSSR count). The van der Waals surface area contributed by atoms with Gasteiger partial charge in [-0.3, -0.25) is 4.79 Å². The molecule has 20 atom stereocenters. The number of hydrogen-bond donors (Lipinski definition) is 16. The fraction of sp³-hybridized carbons (Fsp3) is 0.606. The number of nitrogens with two attached hydrogens (primary N) is 1. The van der Waals surface area contributed by atoms with Crippen LogP contribution >= 0.6 is 0 Å². The van der Waals surface area contributed by atoms with Crippen LogP contribution in [0.3, 0.4) is 0 Å². The maximum atomic E-state index is 13.2. The van der Waals surface area contributed by atoms with Gasteiger partial charge in [0.15, 0.2) is 6.29 Å². The number of Topliss-reactive ketones (excluding diaryl/α,β-unsaturated/α-hetero) is 1. The Morgan fingerprint density at radius 1 is 0.570 bits per heavy atom. The van der Waals surface area contributed by atoms with Gasteiger partial charge in [0, 0.05) is 43.1 Å². The summed E-state index contributed by atoms with van der Waals surface area (Å²) in [5, 5.41) is 152. The topological polar surface area (TPSA) is 382 Å². The predicted octanol–water partition coefficient (Wildman–Crippen LogP) is 4.46. The molecule has 490 valence electrons. The van der Waals surface area contributed by atoms with Crippen LogP contribution in [0.2, 0.25) is 0 Å². The Hall–Kier alpha value is -4.66. The van der Waals surface area contributed by atoms with Gasteiger partial charge in [0.25, 0.3) is 0 Å². The summed E-state index contributed by atoms with van der Waals surface area (Å²) in [6.07, 6.45) is 23.8. The van der Waals surface area contributed by atoms with Gasteiger partial charge in [0.1, 0.15) is 24.1 Å². The van der Waals surface area contributed by atoms with E-state index in [4.69, 9.17) is 20.3 Å². The number of allylic oxidation sites excluding steroid dienone is 15. The summed E-state index contributed by atoms with van der Waals surface area (Å²) >= 11 is 0. The molecule has 86 heavy (non-hydrogen) atoms. The van der Waals surface area contributed by atoms with E-state index in [9.17, 15) is 81.1 Å². The van der Waals surface area contributed by atoms with Crippen molar-refractivity contribution in [3.05, 3.63) is 146 Å². The van der Waals surface area contributed by atoms with E-state index in [2.05, 4.69) is 6.58 Å². The van der Waals surface area contributed by atoms with Crippen molar-refractivity contribution in [2.75, 3.05) is 6.54 Å². The second kappa shape index (κ2) is 49.2. The molecule has 0 bridgehead atoms. The van der Waals surface area contributed by atoms with Gasteiger partial charge >= 0.3 is 5.97 Å². The maximum Gasteiger partial charge on any atom is 0.328 e. The van der Waals surface area contributed by atoms with E-state index in [1.54, 1.807) is 73.8 Å². The number of ketones is 1. The molecule has 20 heteroatoms. The van der Waals surface area contributed by atoms with Gasteiger partial charge in [-0.1, -0.05) is 161 Å². The molecular formula is C66H107NO19. The van der Waals surface area contributed by atoms with Crippen LogP contribution in [0.1, 0.15) is 125 Å². The fourth-order valence-electron chi connectivity index (χ4n) is 8.86. The number of carboxylic acid groups (broad SMARTS) is 1. The Morgan fingerprint density at radius 2 is 1.09 bits per heavy atom. The zero-order valence-electron chi connectivity index (χ0n) is 51.1. The lowest BCUT2D eigenvalue weighted by atomic mass is 9.88. The summed E-state index contributed by atoms with van der Waals surface area (Å²) in [7, 11) is 0. The number of ether oxygens (including phenoxy) is 2. The van der Waals surface area contributed by atoms with E-state index in [0.29, 0.717) is 19.4 Å². The summed E-state index contributed by atoms with van der Waals surface area (Å²) in [5.41, 5.74) is 5.41. The van der Waals surface area contributed by atoms with Crippen molar-refractivity contribution in [2.45, 2.75) is 228 Å². The van der Waals surface area contributed by atoms with Crippen molar-refractivity contribution in [2.24, 2.45) is 23.5 Å². The maximum absolute atomic E-state index is 13.2. The lowest BCUT2D eigenvalue weighted by molar-refractivity contribution is -0.306. The smallest absolute Gasteiger partial charge is 0.328 e. The zero-order valence-corrected chi connectivity index (χ0v) is 51.1. The summed E-state index contributed by atoms with van der Waals surface area (Å²) < 4.78 is 11.5. The highest BCUT2D eigenvalue weighted by Crippen LogP contribution is 2.27.